The van der Waals surface area contributed by atoms with Crippen molar-refractivity contribution in [3.63, 3.8) is 0 Å². The molecule has 3 rings (SSSR count). The number of benzene rings is 3. The summed E-state index contributed by atoms with van der Waals surface area (Å²) in [7, 11) is 0. The Hall–Kier alpha value is -1.73. The first kappa shape index (κ1) is 23.9. The molecule has 2 nitrogen and oxygen atoms in total. The Morgan fingerprint density at radius 2 is 1.29 bits per heavy atom. The second-order valence-corrected chi connectivity index (χ2v) is 10.6. The molecule has 0 bridgehead atoms. The van der Waals surface area contributed by atoms with Crippen LogP contribution in [0.3, 0.4) is 0 Å². The Kier molecular flexibility index (Phi) is 9.08. The normalized spacial score (nSPS) is 11.7. The van der Waals surface area contributed by atoms with Crippen LogP contribution in [0.4, 0.5) is 0 Å². The van der Waals surface area contributed by atoms with Crippen LogP contribution in [0.2, 0.25) is 0 Å². The number of hydrogen-bond donors (Lipinski definition) is 0. The van der Waals surface area contributed by atoms with E-state index in [1.165, 1.54) is 20.8 Å². The van der Waals surface area contributed by atoms with Gasteiger partial charge in [-0.2, -0.15) is 0 Å². The minimum Gasteiger partial charge on any atom is -0.455 e. The average molecular weight is 485 g/mol. The molecule has 0 aromatic heterocycles. The molecule has 0 fully saturated rings. The van der Waals surface area contributed by atoms with Crippen molar-refractivity contribution in [2.75, 3.05) is 12.5 Å². The largest absolute Gasteiger partial charge is 0.455 e. The van der Waals surface area contributed by atoms with E-state index in [0.717, 1.165) is 20.2 Å². The summed E-state index contributed by atoms with van der Waals surface area (Å²) in [5, 5.41) is 0. The third-order valence-corrected chi connectivity index (χ3v) is 8.03. The summed E-state index contributed by atoms with van der Waals surface area (Å²) in [4.78, 5) is 18.8. The number of thioether (sulfide) groups is 2. The lowest BCUT2D eigenvalue weighted by Gasteiger charge is -2.17. The van der Waals surface area contributed by atoms with Crippen molar-refractivity contribution in [1.82, 2.24) is 0 Å². The number of hydrogen-bond acceptors (Lipinski definition) is 6. The summed E-state index contributed by atoms with van der Waals surface area (Å²) >= 11 is 6.88. The predicted octanol–water partition coefficient (Wildman–Crippen LogP) is 8.22. The molecule has 160 valence electrons. The fourth-order valence-electron chi connectivity index (χ4n) is 2.84. The molecule has 6 heteroatoms. The molecule has 3 aromatic carbocycles. The van der Waals surface area contributed by atoms with Crippen LogP contribution in [0.15, 0.2) is 109 Å². The SMILES string of the molecule is C=CC(=O)OC(C)c1ccc(Sc2ccc(SC)cc2)cc1Sc1ccc(SC)cc1. The molecule has 0 radical (unpaired) electrons. The van der Waals surface area contributed by atoms with Gasteiger partial charge >= 0.3 is 5.97 Å². The van der Waals surface area contributed by atoms with Crippen LogP contribution in [0.1, 0.15) is 18.6 Å². The van der Waals surface area contributed by atoms with Gasteiger partial charge in [0.15, 0.2) is 0 Å². The van der Waals surface area contributed by atoms with E-state index in [1.807, 2.05) is 6.92 Å². The number of carbonyl (C=O) groups is 1. The van der Waals surface area contributed by atoms with Gasteiger partial charge < -0.3 is 4.74 Å². The first-order chi connectivity index (χ1) is 15.0. The first-order valence-electron chi connectivity index (χ1n) is 9.63. The summed E-state index contributed by atoms with van der Waals surface area (Å²) in [6, 6.07) is 23.4. The van der Waals surface area contributed by atoms with Crippen molar-refractivity contribution in [2.24, 2.45) is 0 Å². The van der Waals surface area contributed by atoms with Crippen LogP contribution in [-0.2, 0) is 9.53 Å². The zero-order valence-electron chi connectivity index (χ0n) is 17.7. The number of carbonyl (C=O) groups excluding carboxylic acids is 1. The van der Waals surface area contributed by atoms with Gasteiger partial charge in [0, 0.05) is 41.0 Å². The van der Waals surface area contributed by atoms with E-state index in [9.17, 15) is 4.79 Å². The molecule has 0 N–H and O–H groups in total. The van der Waals surface area contributed by atoms with Crippen molar-refractivity contribution in [1.29, 1.82) is 0 Å². The van der Waals surface area contributed by atoms with E-state index < -0.39 is 5.97 Å². The Bertz CT molecular complexity index is 1030. The summed E-state index contributed by atoms with van der Waals surface area (Å²) in [5.74, 6) is -0.417. The quantitative estimate of drug-likeness (QED) is 0.172. The maximum absolute atomic E-state index is 11.7. The molecule has 0 aliphatic heterocycles. The van der Waals surface area contributed by atoms with Gasteiger partial charge in [-0.15, -0.1) is 23.5 Å². The third kappa shape index (κ3) is 6.88. The lowest BCUT2D eigenvalue weighted by Crippen LogP contribution is -2.07. The fraction of sp³-hybridized carbons (Fsp3) is 0.160. The van der Waals surface area contributed by atoms with Gasteiger partial charge in [-0.1, -0.05) is 36.2 Å². The zero-order valence-corrected chi connectivity index (χ0v) is 20.9. The van der Waals surface area contributed by atoms with Gasteiger partial charge in [0.2, 0.25) is 0 Å². The van der Waals surface area contributed by atoms with E-state index in [1.54, 1.807) is 47.0 Å². The smallest absolute Gasteiger partial charge is 0.330 e. The molecular weight excluding hydrogens is 461 g/mol. The van der Waals surface area contributed by atoms with Gasteiger partial charge in [0.25, 0.3) is 0 Å². The van der Waals surface area contributed by atoms with Gasteiger partial charge in [-0.25, -0.2) is 4.79 Å². The number of ether oxygens (including phenoxy) is 1. The molecule has 0 spiro atoms. The Balaban J connectivity index is 1.89. The van der Waals surface area contributed by atoms with E-state index in [-0.39, 0.29) is 6.10 Å². The first-order valence-corrected chi connectivity index (χ1v) is 13.7. The predicted molar refractivity (Wildman–Crippen MR) is 136 cm³/mol. The average Bonchev–Trinajstić information content (AvgIpc) is 2.80. The molecule has 0 saturated heterocycles. The van der Waals surface area contributed by atoms with Crippen molar-refractivity contribution in [3.05, 3.63) is 84.9 Å². The fourth-order valence-corrected chi connectivity index (χ4v) is 5.65. The maximum atomic E-state index is 11.7. The minimum atomic E-state index is -0.417. The van der Waals surface area contributed by atoms with Crippen LogP contribution in [0.25, 0.3) is 0 Å². The maximum Gasteiger partial charge on any atom is 0.330 e. The summed E-state index contributed by atoms with van der Waals surface area (Å²) < 4.78 is 5.50. The lowest BCUT2D eigenvalue weighted by molar-refractivity contribution is -0.142. The molecule has 0 aliphatic rings. The summed E-state index contributed by atoms with van der Waals surface area (Å²) in [5.41, 5.74) is 0.983. The highest BCUT2D eigenvalue weighted by Crippen LogP contribution is 2.39. The van der Waals surface area contributed by atoms with Crippen molar-refractivity contribution >= 4 is 53.0 Å². The molecular formula is C25H24O2S4. The highest BCUT2D eigenvalue weighted by atomic mass is 32.2. The van der Waals surface area contributed by atoms with E-state index >= 15 is 0 Å². The molecule has 1 unspecified atom stereocenters. The second-order valence-electron chi connectivity index (χ2n) is 6.54. The molecule has 0 aliphatic carbocycles. The van der Waals surface area contributed by atoms with Gasteiger partial charge in [0.1, 0.15) is 6.10 Å². The minimum absolute atomic E-state index is 0.363. The standard InChI is InChI=1S/C25H24O2S4/c1-5-25(26)27-17(2)23-15-14-22(30-20-10-6-18(28-3)7-11-20)16-24(23)31-21-12-8-19(29-4)9-13-21/h5-17H,1H2,2-4H3. The third-order valence-electron chi connectivity index (χ3n) is 4.46. The van der Waals surface area contributed by atoms with E-state index in [4.69, 9.17) is 4.74 Å². The highest BCUT2D eigenvalue weighted by molar-refractivity contribution is 8.00. The van der Waals surface area contributed by atoms with Gasteiger partial charge in [-0.05, 0) is 80.1 Å². The van der Waals surface area contributed by atoms with Gasteiger partial charge in [0.05, 0.1) is 0 Å². The Morgan fingerprint density at radius 1 is 0.806 bits per heavy atom. The van der Waals surface area contributed by atoms with Crippen LogP contribution in [0.5, 0.6) is 0 Å². The summed E-state index contributed by atoms with van der Waals surface area (Å²) in [6.45, 7) is 5.39. The van der Waals surface area contributed by atoms with Crippen LogP contribution in [0, 0.1) is 0 Å². The Morgan fingerprint density at radius 3 is 1.81 bits per heavy atom. The molecule has 3 aromatic rings. The second kappa shape index (κ2) is 11.8. The van der Waals surface area contributed by atoms with Crippen molar-refractivity contribution in [3.8, 4) is 0 Å². The molecule has 0 amide bonds. The molecule has 1 atom stereocenters. The molecule has 0 heterocycles. The van der Waals surface area contributed by atoms with Crippen LogP contribution >= 0.6 is 47.0 Å². The zero-order chi connectivity index (χ0) is 22.2. The summed E-state index contributed by atoms with van der Waals surface area (Å²) in [6.07, 6.45) is 4.99. The Labute approximate surface area is 201 Å². The van der Waals surface area contributed by atoms with E-state index in [2.05, 4.69) is 85.8 Å². The molecule has 31 heavy (non-hydrogen) atoms. The topological polar surface area (TPSA) is 26.3 Å². The lowest BCUT2D eigenvalue weighted by atomic mass is 10.1. The van der Waals surface area contributed by atoms with E-state index in [0.29, 0.717) is 0 Å². The van der Waals surface area contributed by atoms with Crippen molar-refractivity contribution in [2.45, 2.75) is 42.4 Å². The number of rotatable bonds is 9. The monoisotopic (exact) mass is 484 g/mol. The molecule has 0 saturated carbocycles. The van der Waals surface area contributed by atoms with Crippen LogP contribution in [-0.4, -0.2) is 18.5 Å². The van der Waals surface area contributed by atoms with Crippen molar-refractivity contribution < 1.29 is 9.53 Å². The highest BCUT2D eigenvalue weighted by Gasteiger charge is 2.16. The number of esters is 1. The van der Waals surface area contributed by atoms with Gasteiger partial charge in [-0.3, -0.25) is 0 Å². The van der Waals surface area contributed by atoms with Crippen LogP contribution < -0.4 is 0 Å².